The van der Waals surface area contributed by atoms with E-state index in [1.165, 1.54) is 30.4 Å². The summed E-state index contributed by atoms with van der Waals surface area (Å²) in [5.41, 5.74) is 2.99. The summed E-state index contributed by atoms with van der Waals surface area (Å²) in [5, 5.41) is 3.65. The van der Waals surface area contributed by atoms with Crippen molar-refractivity contribution in [1.29, 1.82) is 0 Å². The fourth-order valence-corrected chi connectivity index (χ4v) is 2.57. The minimum Gasteiger partial charge on any atom is -0.383 e. The molecule has 2 rings (SSSR count). The van der Waals surface area contributed by atoms with Crippen LogP contribution in [0.25, 0.3) is 0 Å². The van der Waals surface area contributed by atoms with Crippen molar-refractivity contribution in [2.45, 2.75) is 38.3 Å². The van der Waals surface area contributed by atoms with Gasteiger partial charge in [-0.05, 0) is 37.3 Å². The number of nitrogens with one attached hydrogen (secondary N) is 1. The molecule has 16 heavy (non-hydrogen) atoms. The lowest BCUT2D eigenvalue weighted by Gasteiger charge is -2.29. The van der Waals surface area contributed by atoms with E-state index in [1.807, 2.05) is 0 Å². The molecule has 0 saturated heterocycles. The third-order valence-electron chi connectivity index (χ3n) is 3.27. The Hall–Kier alpha value is -0.860. The monoisotopic (exact) mass is 219 g/mol. The standard InChI is InChI=1S/C14H21NO/c1-11(10-16-2)15-14-9-5-7-12-6-3-4-8-13(12)14/h3-4,6,8,11,14-15H,5,7,9-10H2,1-2H3. The van der Waals surface area contributed by atoms with E-state index < -0.39 is 0 Å². The van der Waals surface area contributed by atoms with Crippen LogP contribution in [0.15, 0.2) is 24.3 Å². The Morgan fingerprint density at radius 1 is 1.44 bits per heavy atom. The smallest absolute Gasteiger partial charge is 0.0613 e. The Bertz CT molecular complexity index is 337. The minimum atomic E-state index is 0.418. The summed E-state index contributed by atoms with van der Waals surface area (Å²) in [6.45, 7) is 2.96. The van der Waals surface area contributed by atoms with Gasteiger partial charge in [-0.25, -0.2) is 0 Å². The molecule has 2 nitrogen and oxygen atoms in total. The lowest BCUT2D eigenvalue weighted by molar-refractivity contribution is 0.165. The van der Waals surface area contributed by atoms with Crippen molar-refractivity contribution in [3.8, 4) is 0 Å². The molecule has 0 radical (unpaired) electrons. The predicted octanol–water partition coefficient (Wildman–Crippen LogP) is 2.69. The molecule has 1 aromatic rings. The summed E-state index contributed by atoms with van der Waals surface area (Å²) in [6, 6.07) is 9.71. The molecule has 0 saturated carbocycles. The molecule has 0 bridgehead atoms. The van der Waals surface area contributed by atoms with E-state index in [-0.39, 0.29) is 0 Å². The SMILES string of the molecule is COCC(C)NC1CCCc2ccccc21. The highest BCUT2D eigenvalue weighted by Gasteiger charge is 2.20. The molecule has 1 aromatic carbocycles. The predicted molar refractivity (Wildman–Crippen MR) is 66.6 cm³/mol. The molecule has 1 N–H and O–H groups in total. The van der Waals surface area contributed by atoms with Gasteiger partial charge in [-0.3, -0.25) is 0 Å². The summed E-state index contributed by atoms with van der Waals surface area (Å²) in [4.78, 5) is 0. The van der Waals surface area contributed by atoms with E-state index in [2.05, 4.69) is 36.5 Å². The second-order valence-electron chi connectivity index (χ2n) is 4.67. The van der Waals surface area contributed by atoms with E-state index in [1.54, 1.807) is 7.11 Å². The fourth-order valence-electron chi connectivity index (χ4n) is 2.57. The summed E-state index contributed by atoms with van der Waals surface area (Å²) in [6.07, 6.45) is 3.76. The van der Waals surface area contributed by atoms with Crippen LogP contribution in [-0.4, -0.2) is 19.8 Å². The van der Waals surface area contributed by atoms with Gasteiger partial charge in [-0.1, -0.05) is 24.3 Å². The molecule has 1 aliphatic rings. The Morgan fingerprint density at radius 2 is 2.25 bits per heavy atom. The number of aryl methyl sites for hydroxylation is 1. The average Bonchev–Trinajstić information content (AvgIpc) is 2.30. The molecule has 2 unspecified atom stereocenters. The number of methoxy groups -OCH3 is 1. The van der Waals surface area contributed by atoms with Crippen LogP contribution >= 0.6 is 0 Å². The van der Waals surface area contributed by atoms with E-state index in [4.69, 9.17) is 4.74 Å². The second-order valence-corrected chi connectivity index (χ2v) is 4.67. The van der Waals surface area contributed by atoms with Gasteiger partial charge < -0.3 is 10.1 Å². The number of ether oxygens (including phenoxy) is 1. The Morgan fingerprint density at radius 3 is 3.06 bits per heavy atom. The van der Waals surface area contributed by atoms with Gasteiger partial charge >= 0.3 is 0 Å². The summed E-state index contributed by atoms with van der Waals surface area (Å²) in [7, 11) is 1.76. The maximum atomic E-state index is 5.17. The van der Waals surface area contributed by atoms with Crippen LogP contribution in [0.5, 0.6) is 0 Å². The highest BCUT2D eigenvalue weighted by Crippen LogP contribution is 2.29. The third-order valence-corrected chi connectivity index (χ3v) is 3.27. The van der Waals surface area contributed by atoms with Gasteiger partial charge in [0.15, 0.2) is 0 Å². The van der Waals surface area contributed by atoms with Crippen LogP contribution in [-0.2, 0) is 11.2 Å². The van der Waals surface area contributed by atoms with Crippen LogP contribution in [0.2, 0.25) is 0 Å². The maximum absolute atomic E-state index is 5.17. The fraction of sp³-hybridized carbons (Fsp3) is 0.571. The molecule has 0 aromatic heterocycles. The molecule has 0 aliphatic heterocycles. The minimum absolute atomic E-state index is 0.418. The Balaban J connectivity index is 2.07. The largest absolute Gasteiger partial charge is 0.383 e. The van der Waals surface area contributed by atoms with Crippen molar-refractivity contribution in [1.82, 2.24) is 5.32 Å². The quantitative estimate of drug-likeness (QED) is 0.840. The van der Waals surface area contributed by atoms with Gasteiger partial charge in [-0.2, -0.15) is 0 Å². The lowest BCUT2D eigenvalue weighted by Crippen LogP contribution is -2.35. The number of rotatable bonds is 4. The second kappa shape index (κ2) is 5.46. The zero-order chi connectivity index (χ0) is 11.4. The van der Waals surface area contributed by atoms with Crippen molar-refractivity contribution >= 4 is 0 Å². The molecule has 1 aliphatic carbocycles. The summed E-state index contributed by atoms with van der Waals surface area (Å²) in [5.74, 6) is 0. The maximum Gasteiger partial charge on any atom is 0.0613 e. The highest BCUT2D eigenvalue weighted by molar-refractivity contribution is 5.32. The first-order valence-corrected chi connectivity index (χ1v) is 6.14. The Labute approximate surface area is 98.0 Å². The summed E-state index contributed by atoms with van der Waals surface area (Å²) < 4.78 is 5.17. The molecule has 2 atom stereocenters. The number of hydrogen-bond acceptors (Lipinski definition) is 2. The average molecular weight is 219 g/mol. The molecule has 0 heterocycles. The molecule has 0 amide bonds. The van der Waals surface area contributed by atoms with E-state index >= 15 is 0 Å². The first-order chi connectivity index (χ1) is 7.81. The first kappa shape index (κ1) is 11.6. The van der Waals surface area contributed by atoms with Crippen molar-refractivity contribution in [2.24, 2.45) is 0 Å². The third kappa shape index (κ3) is 2.63. The zero-order valence-electron chi connectivity index (χ0n) is 10.2. The summed E-state index contributed by atoms with van der Waals surface area (Å²) >= 11 is 0. The van der Waals surface area contributed by atoms with Gasteiger partial charge in [0.25, 0.3) is 0 Å². The molecule has 2 heteroatoms. The van der Waals surface area contributed by atoms with E-state index in [9.17, 15) is 0 Å². The first-order valence-electron chi connectivity index (χ1n) is 6.14. The van der Waals surface area contributed by atoms with Crippen molar-refractivity contribution < 1.29 is 4.74 Å². The van der Waals surface area contributed by atoms with Crippen LogP contribution in [0.4, 0.5) is 0 Å². The number of benzene rings is 1. The van der Waals surface area contributed by atoms with E-state index in [0.29, 0.717) is 12.1 Å². The normalized spacial score (nSPS) is 21.5. The number of hydrogen-bond donors (Lipinski definition) is 1. The molecule has 0 spiro atoms. The molecule has 88 valence electrons. The van der Waals surface area contributed by atoms with Gasteiger partial charge in [0.05, 0.1) is 6.61 Å². The van der Waals surface area contributed by atoms with Gasteiger partial charge in [0.2, 0.25) is 0 Å². The van der Waals surface area contributed by atoms with Crippen molar-refractivity contribution in [3.63, 3.8) is 0 Å². The van der Waals surface area contributed by atoms with Gasteiger partial charge in [-0.15, -0.1) is 0 Å². The topological polar surface area (TPSA) is 21.3 Å². The van der Waals surface area contributed by atoms with Crippen LogP contribution < -0.4 is 5.32 Å². The molecule has 0 fully saturated rings. The lowest BCUT2D eigenvalue weighted by atomic mass is 9.87. The van der Waals surface area contributed by atoms with Crippen LogP contribution in [0.3, 0.4) is 0 Å². The Kier molecular flexibility index (Phi) is 3.97. The zero-order valence-corrected chi connectivity index (χ0v) is 10.2. The van der Waals surface area contributed by atoms with Gasteiger partial charge in [0, 0.05) is 19.2 Å². The van der Waals surface area contributed by atoms with Gasteiger partial charge in [0.1, 0.15) is 0 Å². The van der Waals surface area contributed by atoms with E-state index in [0.717, 1.165) is 6.61 Å². The molecular formula is C14H21NO. The van der Waals surface area contributed by atoms with Crippen molar-refractivity contribution in [2.75, 3.05) is 13.7 Å². The van der Waals surface area contributed by atoms with Crippen LogP contribution in [0.1, 0.15) is 36.9 Å². The van der Waals surface area contributed by atoms with Crippen LogP contribution in [0, 0.1) is 0 Å². The highest BCUT2D eigenvalue weighted by atomic mass is 16.5. The van der Waals surface area contributed by atoms with Crippen molar-refractivity contribution in [3.05, 3.63) is 35.4 Å². The molecular weight excluding hydrogens is 198 g/mol. The number of fused-ring (bicyclic) bond motifs is 1.